The molecule has 90 valence electrons. The van der Waals surface area contributed by atoms with E-state index in [-0.39, 0.29) is 0 Å². The zero-order valence-electron chi connectivity index (χ0n) is 10.9. The first-order valence-electron chi connectivity index (χ1n) is 6.45. The lowest BCUT2D eigenvalue weighted by atomic mass is 10.0. The molecule has 0 aromatic heterocycles. The Morgan fingerprint density at radius 3 is 2.41 bits per heavy atom. The van der Waals surface area contributed by atoms with Crippen LogP contribution in [0.25, 0.3) is 10.8 Å². The van der Waals surface area contributed by atoms with Gasteiger partial charge in [-0.1, -0.05) is 43.3 Å². The van der Waals surface area contributed by atoms with Crippen LogP contribution in [0.5, 0.6) is 0 Å². The van der Waals surface area contributed by atoms with Gasteiger partial charge in [-0.2, -0.15) is 0 Å². The minimum absolute atomic E-state index is 0.412. The van der Waals surface area contributed by atoms with Crippen LogP contribution in [-0.4, -0.2) is 6.04 Å². The van der Waals surface area contributed by atoms with Gasteiger partial charge in [-0.25, -0.2) is 0 Å². The van der Waals surface area contributed by atoms with E-state index in [2.05, 4.69) is 68.6 Å². The lowest BCUT2D eigenvalue weighted by Gasteiger charge is -2.19. The summed E-state index contributed by atoms with van der Waals surface area (Å²) in [7, 11) is 0. The standard InChI is InChI=1S/C16H21N/c1-4-12(2)17-13(3)15-10-9-14-7-5-6-8-16(14)11-15/h5-13,17H,4H2,1-3H3. The highest BCUT2D eigenvalue weighted by Crippen LogP contribution is 2.20. The van der Waals surface area contributed by atoms with Crippen LogP contribution < -0.4 is 5.32 Å². The minimum Gasteiger partial charge on any atom is -0.308 e. The fourth-order valence-electron chi connectivity index (χ4n) is 2.12. The fourth-order valence-corrected chi connectivity index (χ4v) is 2.12. The molecule has 0 spiro atoms. The van der Waals surface area contributed by atoms with Crippen LogP contribution in [0.1, 0.15) is 38.8 Å². The monoisotopic (exact) mass is 227 g/mol. The molecule has 0 saturated heterocycles. The van der Waals surface area contributed by atoms with Crippen molar-refractivity contribution in [2.45, 2.75) is 39.3 Å². The van der Waals surface area contributed by atoms with E-state index >= 15 is 0 Å². The summed E-state index contributed by atoms with van der Waals surface area (Å²) in [5.74, 6) is 0. The van der Waals surface area contributed by atoms with Gasteiger partial charge in [-0.3, -0.25) is 0 Å². The molecular formula is C16H21N. The van der Waals surface area contributed by atoms with Crippen molar-refractivity contribution < 1.29 is 0 Å². The van der Waals surface area contributed by atoms with Crippen molar-refractivity contribution in [1.82, 2.24) is 5.32 Å². The first-order valence-corrected chi connectivity index (χ1v) is 6.45. The molecule has 0 aliphatic heterocycles. The van der Waals surface area contributed by atoms with Crippen molar-refractivity contribution in [3.63, 3.8) is 0 Å². The van der Waals surface area contributed by atoms with E-state index in [0.717, 1.165) is 6.42 Å². The van der Waals surface area contributed by atoms with Crippen molar-refractivity contribution in [3.05, 3.63) is 48.0 Å². The molecular weight excluding hydrogens is 206 g/mol. The predicted molar refractivity (Wildman–Crippen MR) is 75.3 cm³/mol. The maximum Gasteiger partial charge on any atom is 0.0294 e. The third kappa shape index (κ3) is 2.86. The number of fused-ring (bicyclic) bond motifs is 1. The van der Waals surface area contributed by atoms with Gasteiger partial charge in [-0.05, 0) is 42.7 Å². The molecule has 2 atom stereocenters. The van der Waals surface area contributed by atoms with Crippen LogP contribution in [0.2, 0.25) is 0 Å². The van der Waals surface area contributed by atoms with Gasteiger partial charge in [0, 0.05) is 12.1 Å². The Bertz CT molecular complexity index is 490. The van der Waals surface area contributed by atoms with Crippen molar-refractivity contribution >= 4 is 10.8 Å². The molecule has 1 heteroatoms. The highest BCUT2D eigenvalue weighted by Gasteiger charge is 2.08. The van der Waals surface area contributed by atoms with Gasteiger partial charge in [0.05, 0.1) is 0 Å². The summed E-state index contributed by atoms with van der Waals surface area (Å²) in [6, 6.07) is 16.2. The molecule has 0 aliphatic carbocycles. The Balaban J connectivity index is 2.23. The largest absolute Gasteiger partial charge is 0.308 e. The summed E-state index contributed by atoms with van der Waals surface area (Å²) < 4.78 is 0. The van der Waals surface area contributed by atoms with Crippen LogP contribution in [0.4, 0.5) is 0 Å². The maximum absolute atomic E-state index is 3.61. The van der Waals surface area contributed by atoms with Gasteiger partial charge < -0.3 is 5.32 Å². The topological polar surface area (TPSA) is 12.0 Å². The molecule has 17 heavy (non-hydrogen) atoms. The molecule has 0 radical (unpaired) electrons. The minimum atomic E-state index is 0.412. The van der Waals surface area contributed by atoms with Crippen molar-refractivity contribution in [3.8, 4) is 0 Å². The summed E-state index contributed by atoms with van der Waals surface area (Å²) in [5, 5.41) is 6.24. The Hall–Kier alpha value is -1.34. The molecule has 2 unspecified atom stereocenters. The average Bonchev–Trinajstić information content (AvgIpc) is 2.38. The lowest BCUT2D eigenvalue weighted by molar-refractivity contribution is 0.469. The lowest BCUT2D eigenvalue weighted by Crippen LogP contribution is -2.28. The molecule has 1 N–H and O–H groups in total. The SMILES string of the molecule is CCC(C)NC(C)c1ccc2ccccc2c1. The number of rotatable bonds is 4. The van der Waals surface area contributed by atoms with E-state index in [9.17, 15) is 0 Å². The van der Waals surface area contributed by atoms with Crippen LogP contribution in [-0.2, 0) is 0 Å². The number of hydrogen-bond donors (Lipinski definition) is 1. The highest BCUT2D eigenvalue weighted by molar-refractivity contribution is 5.83. The van der Waals surface area contributed by atoms with Crippen molar-refractivity contribution in [2.75, 3.05) is 0 Å². The van der Waals surface area contributed by atoms with Crippen LogP contribution in [0.15, 0.2) is 42.5 Å². The fraction of sp³-hybridized carbons (Fsp3) is 0.375. The van der Waals surface area contributed by atoms with Gasteiger partial charge in [-0.15, -0.1) is 0 Å². The van der Waals surface area contributed by atoms with Crippen LogP contribution in [0.3, 0.4) is 0 Å². The van der Waals surface area contributed by atoms with Crippen LogP contribution >= 0.6 is 0 Å². The van der Waals surface area contributed by atoms with E-state index in [4.69, 9.17) is 0 Å². The zero-order valence-corrected chi connectivity index (χ0v) is 10.9. The maximum atomic E-state index is 3.61. The molecule has 0 bridgehead atoms. The molecule has 2 aromatic rings. The zero-order chi connectivity index (χ0) is 12.3. The van der Waals surface area contributed by atoms with E-state index in [0.29, 0.717) is 12.1 Å². The molecule has 0 saturated carbocycles. The first-order chi connectivity index (χ1) is 8.20. The smallest absolute Gasteiger partial charge is 0.0294 e. The molecule has 1 nitrogen and oxygen atoms in total. The Morgan fingerprint density at radius 1 is 1.00 bits per heavy atom. The van der Waals surface area contributed by atoms with Gasteiger partial charge in [0.2, 0.25) is 0 Å². The highest BCUT2D eigenvalue weighted by atomic mass is 14.9. The number of hydrogen-bond acceptors (Lipinski definition) is 1. The third-order valence-electron chi connectivity index (χ3n) is 3.42. The second-order valence-corrected chi connectivity index (χ2v) is 4.80. The summed E-state index contributed by atoms with van der Waals surface area (Å²) >= 11 is 0. The van der Waals surface area contributed by atoms with E-state index in [1.165, 1.54) is 16.3 Å². The van der Waals surface area contributed by atoms with E-state index in [1.54, 1.807) is 0 Å². The second kappa shape index (κ2) is 5.33. The Labute approximate surface area is 104 Å². The summed E-state index contributed by atoms with van der Waals surface area (Å²) in [6.07, 6.45) is 1.16. The quantitative estimate of drug-likeness (QED) is 0.821. The number of nitrogens with one attached hydrogen (secondary N) is 1. The molecule has 0 heterocycles. The number of benzene rings is 2. The normalized spacial score (nSPS) is 14.8. The van der Waals surface area contributed by atoms with E-state index < -0.39 is 0 Å². The van der Waals surface area contributed by atoms with Gasteiger partial charge in [0.15, 0.2) is 0 Å². The predicted octanol–water partition coefficient (Wildman–Crippen LogP) is 4.29. The Morgan fingerprint density at radius 2 is 1.71 bits per heavy atom. The van der Waals surface area contributed by atoms with Gasteiger partial charge >= 0.3 is 0 Å². The van der Waals surface area contributed by atoms with Gasteiger partial charge in [0.1, 0.15) is 0 Å². The van der Waals surface area contributed by atoms with Crippen molar-refractivity contribution in [1.29, 1.82) is 0 Å². The summed E-state index contributed by atoms with van der Waals surface area (Å²) in [6.45, 7) is 6.68. The third-order valence-corrected chi connectivity index (χ3v) is 3.42. The average molecular weight is 227 g/mol. The molecule has 0 fully saturated rings. The molecule has 2 aromatic carbocycles. The second-order valence-electron chi connectivity index (χ2n) is 4.80. The van der Waals surface area contributed by atoms with Crippen LogP contribution in [0, 0.1) is 0 Å². The van der Waals surface area contributed by atoms with Gasteiger partial charge in [0.25, 0.3) is 0 Å². The van der Waals surface area contributed by atoms with E-state index in [1.807, 2.05) is 0 Å². The first kappa shape index (κ1) is 12.1. The van der Waals surface area contributed by atoms with Crippen molar-refractivity contribution in [2.24, 2.45) is 0 Å². The molecule has 0 aliphatic rings. The molecule has 0 amide bonds. The Kier molecular flexibility index (Phi) is 3.80. The molecule has 2 rings (SSSR count). The summed E-state index contributed by atoms with van der Waals surface area (Å²) in [5.41, 5.74) is 1.36. The summed E-state index contributed by atoms with van der Waals surface area (Å²) in [4.78, 5) is 0.